The molecule has 5 nitrogen and oxygen atoms in total. The molecule has 0 fully saturated rings. The summed E-state index contributed by atoms with van der Waals surface area (Å²) < 4.78 is 22.0. The maximum atomic E-state index is 11.0. The molecule has 0 aliphatic carbocycles. The van der Waals surface area contributed by atoms with Gasteiger partial charge in [-0.25, -0.2) is 13.4 Å². The number of pyridine rings is 1. The molecule has 1 rings (SSSR count). The van der Waals surface area contributed by atoms with E-state index in [2.05, 4.69) is 10.3 Å². The molecule has 0 unspecified atom stereocenters. The third-order valence-corrected chi connectivity index (χ3v) is 3.53. The smallest absolute Gasteiger partial charge is 0.147 e. The van der Waals surface area contributed by atoms with E-state index < -0.39 is 9.84 Å². The SMILES string of the molecule is Cc1ccc(C(N)=S)c(NCCCS(C)(=O)=O)n1. The summed E-state index contributed by atoms with van der Waals surface area (Å²) in [6, 6.07) is 3.64. The van der Waals surface area contributed by atoms with Gasteiger partial charge in [0, 0.05) is 18.5 Å². The van der Waals surface area contributed by atoms with Gasteiger partial charge in [0.25, 0.3) is 0 Å². The van der Waals surface area contributed by atoms with Gasteiger partial charge >= 0.3 is 0 Å². The zero-order valence-corrected chi connectivity index (χ0v) is 12.1. The maximum Gasteiger partial charge on any atom is 0.147 e. The fourth-order valence-corrected chi connectivity index (χ4v) is 2.26. The Bertz CT molecular complexity index is 541. The molecule has 0 aromatic carbocycles. The van der Waals surface area contributed by atoms with Crippen LogP contribution in [0.2, 0.25) is 0 Å². The number of hydrogen-bond acceptors (Lipinski definition) is 5. The second kappa shape index (κ2) is 6.10. The molecule has 0 bridgehead atoms. The van der Waals surface area contributed by atoms with E-state index >= 15 is 0 Å². The van der Waals surface area contributed by atoms with Crippen LogP contribution in [0.15, 0.2) is 12.1 Å². The van der Waals surface area contributed by atoms with E-state index in [0.29, 0.717) is 24.3 Å². The van der Waals surface area contributed by atoms with E-state index in [1.807, 2.05) is 19.1 Å². The van der Waals surface area contributed by atoms with Gasteiger partial charge < -0.3 is 11.1 Å². The molecule has 3 N–H and O–H groups in total. The van der Waals surface area contributed by atoms with Gasteiger partial charge in [0.15, 0.2) is 0 Å². The zero-order valence-electron chi connectivity index (χ0n) is 10.4. The number of anilines is 1. The molecule has 0 aliphatic heterocycles. The van der Waals surface area contributed by atoms with Crippen LogP contribution in [0.5, 0.6) is 0 Å². The van der Waals surface area contributed by atoms with Gasteiger partial charge in [-0.2, -0.15) is 0 Å². The van der Waals surface area contributed by atoms with Crippen molar-refractivity contribution in [1.82, 2.24) is 4.98 Å². The largest absolute Gasteiger partial charge is 0.389 e. The zero-order chi connectivity index (χ0) is 13.8. The van der Waals surface area contributed by atoms with Gasteiger partial charge in [0.05, 0.1) is 11.3 Å². The summed E-state index contributed by atoms with van der Waals surface area (Å²) >= 11 is 4.93. The molecule has 1 aromatic heterocycles. The summed E-state index contributed by atoms with van der Waals surface area (Å²) in [5.74, 6) is 0.754. The van der Waals surface area contributed by atoms with Gasteiger partial charge in [0.2, 0.25) is 0 Å². The minimum atomic E-state index is -2.92. The predicted molar refractivity (Wildman–Crippen MR) is 77.7 cm³/mol. The number of hydrogen-bond donors (Lipinski definition) is 2. The van der Waals surface area contributed by atoms with E-state index in [9.17, 15) is 8.42 Å². The molecule has 100 valence electrons. The number of nitrogens with one attached hydrogen (secondary N) is 1. The van der Waals surface area contributed by atoms with Crippen LogP contribution in [0.4, 0.5) is 5.82 Å². The fourth-order valence-electron chi connectivity index (χ4n) is 1.43. The Kier molecular flexibility index (Phi) is 5.03. The van der Waals surface area contributed by atoms with Crippen molar-refractivity contribution in [2.45, 2.75) is 13.3 Å². The van der Waals surface area contributed by atoms with Gasteiger partial charge in [-0.05, 0) is 25.5 Å². The molecular formula is C11H17N3O2S2. The molecule has 0 saturated carbocycles. The molecule has 0 amide bonds. The van der Waals surface area contributed by atoms with Crippen LogP contribution in [0.3, 0.4) is 0 Å². The average Bonchev–Trinajstić information content (AvgIpc) is 2.22. The highest BCUT2D eigenvalue weighted by Crippen LogP contribution is 2.13. The van der Waals surface area contributed by atoms with Crippen molar-refractivity contribution in [3.63, 3.8) is 0 Å². The van der Waals surface area contributed by atoms with Crippen LogP contribution in [0.25, 0.3) is 0 Å². The lowest BCUT2D eigenvalue weighted by molar-refractivity contribution is 0.600. The number of rotatable bonds is 6. The molecule has 0 spiro atoms. The quantitative estimate of drug-likeness (QED) is 0.596. The number of aromatic nitrogens is 1. The molecule has 0 atom stereocenters. The van der Waals surface area contributed by atoms with Crippen molar-refractivity contribution in [3.05, 3.63) is 23.4 Å². The second-order valence-corrected chi connectivity index (χ2v) is 6.82. The minimum Gasteiger partial charge on any atom is -0.389 e. The lowest BCUT2D eigenvalue weighted by Gasteiger charge is -2.10. The van der Waals surface area contributed by atoms with Gasteiger partial charge in [0.1, 0.15) is 20.6 Å². The Morgan fingerprint density at radius 3 is 2.72 bits per heavy atom. The topological polar surface area (TPSA) is 85.1 Å². The van der Waals surface area contributed by atoms with Crippen molar-refractivity contribution in [2.75, 3.05) is 23.9 Å². The predicted octanol–water partition coefficient (Wildman–Crippen LogP) is 0.871. The first-order chi connectivity index (χ1) is 8.29. The maximum absolute atomic E-state index is 11.0. The average molecular weight is 287 g/mol. The molecular weight excluding hydrogens is 270 g/mol. The molecule has 1 heterocycles. The third-order valence-electron chi connectivity index (χ3n) is 2.28. The van der Waals surface area contributed by atoms with Crippen LogP contribution < -0.4 is 11.1 Å². The van der Waals surface area contributed by atoms with Crippen LogP contribution >= 0.6 is 12.2 Å². The summed E-state index contributed by atoms with van der Waals surface area (Å²) in [5.41, 5.74) is 7.12. The van der Waals surface area contributed by atoms with E-state index in [1.54, 1.807) is 0 Å². The van der Waals surface area contributed by atoms with Gasteiger partial charge in [-0.3, -0.25) is 0 Å². The van der Waals surface area contributed by atoms with Crippen molar-refractivity contribution >= 4 is 32.9 Å². The highest BCUT2D eigenvalue weighted by atomic mass is 32.2. The van der Waals surface area contributed by atoms with Crippen molar-refractivity contribution in [2.24, 2.45) is 5.73 Å². The Balaban J connectivity index is 2.66. The van der Waals surface area contributed by atoms with E-state index in [-0.39, 0.29) is 10.7 Å². The van der Waals surface area contributed by atoms with Crippen LogP contribution in [-0.4, -0.2) is 36.9 Å². The molecule has 7 heteroatoms. The summed E-state index contributed by atoms with van der Waals surface area (Å²) in [4.78, 5) is 4.57. The lowest BCUT2D eigenvalue weighted by Crippen LogP contribution is -2.16. The normalized spacial score (nSPS) is 11.2. The number of nitrogens with zero attached hydrogens (tertiary/aromatic N) is 1. The Morgan fingerprint density at radius 2 is 2.17 bits per heavy atom. The number of sulfone groups is 1. The van der Waals surface area contributed by atoms with Crippen LogP contribution in [0.1, 0.15) is 17.7 Å². The molecule has 1 aromatic rings. The molecule has 18 heavy (non-hydrogen) atoms. The van der Waals surface area contributed by atoms with Crippen molar-refractivity contribution in [3.8, 4) is 0 Å². The number of nitrogens with two attached hydrogens (primary N) is 1. The highest BCUT2D eigenvalue weighted by Gasteiger charge is 2.07. The first-order valence-corrected chi connectivity index (χ1v) is 7.95. The summed E-state index contributed by atoms with van der Waals surface area (Å²) in [5, 5.41) is 3.06. The molecule has 0 radical (unpaired) electrons. The minimum absolute atomic E-state index is 0.147. The van der Waals surface area contributed by atoms with E-state index in [4.69, 9.17) is 18.0 Å². The monoisotopic (exact) mass is 287 g/mol. The number of thiocarbonyl (C=S) groups is 1. The Morgan fingerprint density at radius 1 is 1.50 bits per heavy atom. The standard InChI is InChI=1S/C11H17N3O2S2/c1-8-4-5-9(10(12)17)11(14-8)13-6-3-7-18(2,15)16/h4-5H,3,6-7H2,1-2H3,(H2,12,17)(H,13,14). The first-order valence-electron chi connectivity index (χ1n) is 5.48. The van der Waals surface area contributed by atoms with Crippen molar-refractivity contribution < 1.29 is 8.42 Å². The van der Waals surface area contributed by atoms with E-state index in [0.717, 1.165) is 5.69 Å². The Hall–Kier alpha value is -1.21. The van der Waals surface area contributed by atoms with Gasteiger partial charge in [-0.1, -0.05) is 12.2 Å². The van der Waals surface area contributed by atoms with Crippen molar-refractivity contribution in [1.29, 1.82) is 0 Å². The Labute approximate surface area is 113 Å². The summed E-state index contributed by atoms with van der Waals surface area (Å²) in [6.45, 7) is 2.38. The number of aryl methyl sites for hydroxylation is 1. The first kappa shape index (κ1) is 14.8. The molecule has 0 saturated heterocycles. The van der Waals surface area contributed by atoms with Crippen LogP contribution in [-0.2, 0) is 9.84 Å². The van der Waals surface area contributed by atoms with E-state index in [1.165, 1.54) is 6.26 Å². The second-order valence-electron chi connectivity index (χ2n) is 4.12. The molecule has 0 aliphatic rings. The fraction of sp³-hybridized carbons (Fsp3) is 0.455. The third kappa shape index (κ3) is 4.97. The highest BCUT2D eigenvalue weighted by molar-refractivity contribution is 7.90. The lowest BCUT2D eigenvalue weighted by atomic mass is 10.2. The van der Waals surface area contributed by atoms with Gasteiger partial charge in [-0.15, -0.1) is 0 Å². The summed E-state index contributed by atoms with van der Waals surface area (Å²) in [6.07, 6.45) is 1.74. The van der Waals surface area contributed by atoms with Crippen LogP contribution in [0, 0.1) is 6.92 Å². The summed E-state index contributed by atoms with van der Waals surface area (Å²) in [7, 11) is -2.92.